The number of ether oxygens (including phenoxy) is 1. The molecule has 0 radical (unpaired) electrons. The largest absolute Gasteiger partial charge is 0.456 e. The lowest BCUT2D eigenvalue weighted by Crippen LogP contribution is -2.39. The predicted octanol–water partition coefficient (Wildman–Crippen LogP) is 5.93. The van der Waals surface area contributed by atoms with E-state index < -0.39 is 0 Å². The van der Waals surface area contributed by atoms with Crippen molar-refractivity contribution >= 4 is 28.6 Å². The van der Waals surface area contributed by atoms with Gasteiger partial charge in [-0.1, -0.05) is 36.0 Å². The van der Waals surface area contributed by atoms with E-state index in [4.69, 9.17) is 21.6 Å². The number of amides is 1. The van der Waals surface area contributed by atoms with Gasteiger partial charge in [0.1, 0.15) is 11.5 Å². The Morgan fingerprint density at radius 1 is 1.21 bits per heavy atom. The average Bonchev–Trinajstić information content (AvgIpc) is 2.99. The lowest BCUT2D eigenvalue weighted by atomic mass is 9.56. The maximum atomic E-state index is 11.8. The molecule has 2 atom stereocenters. The molecule has 1 aliphatic heterocycles. The average molecular weight is 409 g/mol. The minimum Gasteiger partial charge on any atom is -0.456 e. The highest BCUT2D eigenvalue weighted by molar-refractivity contribution is 8.14. The summed E-state index contributed by atoms with van der Waals surface area (Å²) in [5, 5.41) is 12.3. The second kappa shape index (κ2) is 6.58. The summed E-state index contributed by atoms with van der Waals surface area (Å²) >= 11 is 7.61. The summed E-state index contributed by atoms with van der Waals surface area (Å²) in [7, 11) is 0. The molecule has 1 heterocycles. The number of thioether (sulfide) groups is 1. The summed E-state index contributed by atoms with van der Waals surface area (Å²) in [6.07, 6.45) is 2.30. The Hall–Kier alpha value is -2.42. The molecule has 4 nitrogen and oxygen atoms in total. The molecule has 2 aromatic carbocycles. The Balaban J connectivity index is 1.46. The van der Waals surface area contributed by atoms with Gasteiger partial charge in [-0.25, -0.2) is 0 Å². The summed E-state index contributed by atoms with van der Waals surface area (Å²) in [4.78, 5) is 11.8. The van der Waals surface area contributed by atoms with Crippen molar-refractivity contribution in [2.24, 2.45) is 5.92 Å². The molecule has 2 bridgehead atoms. The van der Waals surface area contributed by atoms with Crippen LogP contribution in [0.5, 0.6) is 11.5 Å². The van der Waals surface area contributed by atoms with Crippen molar-refractivity contribution in [3.63, 3.8) is 0 Å². The number of halogens is 1. The third-order valence-corrected chi connectivity index (χ3v) is 7.44. The fourth-order valence-corrected chi connectivity index (χ4v) is 5.99. The van der Waals surface area contributed by atoms with Crippen molar-refractivity contribution in [2.75, 3.05) is 0 Å². The van der Waals surface area contributed by atoms with Gasteiger partial charge in [0.15, 0.2) is 0 Å². The molecule has 140 valence electrons. The molecule has 1 saturated heterocycles. The molecule has 6 heteroatoms. The van der Waals surface area contributed by atoms with Crippen molar-refractivity contribution in [3.8, 4) is 17.6 Å². The van der Waals surface area contributed by atoms with E-state index in [1.54, 1.807) is 18.2 Å². The first-order chi connectivity index (χ1) is 13.5. The van der Waals surface area contributed by atoms with Crippen LogP contribution < -0.4 is 10.1 Å². The molecule has 1 saturated carbocycles. The standard InChI is InChI=1S/C22H17ClN2O2S/c1-11-21(28-22(26)25-11)20-14-7-13(8-14)17-9-15(3-4-16(17)20)27-19-5-2-12(10-24)6-18(19)23/h2-6,9,13-14,20-21H,1,7-8H2,(H,25,26)/t13?,14?,20-,21?/m1/s1. The first-order valence-electron chi connectivity index (χ1n) is 9.21. The van der Waals surface area contributed by atoms with Gasteiger partial charge in [0.05, 0.1) is 21.9 Å². The molecule has 6 rings (SSSR count). The Morgan fingerprint density at radius 3 is 2.71 bits per heavy atom. The molecule has 1 amide bonds. The van der Waals surface area contributed by atoms with Gasteiger partial charge in [-0.2, -0.15) is 5.26 Å². The number of nitrogens with zero attached hydrogens (tertiary/aromatic N) is 1. The van der Waals surface area contributed by atoms with Crippen LogP contribution in [-0.2, 0) is 0 Å². The second-order valence-electron chi connectivity index (χ2n) is 7.58. The number of benzene rings is 2. The van der Waals surface area contributed by atoms with Gasteiger partial charge >= 0.3 is 0 Å². The molecule has 2 aromatic rings. The fraction of sp³-hybridized carbons (Fsp3) is 0.273. The molecule has 1 unspecified atom stereocenters. The zero-order chi connectivity index (χ0) is 19.4. The highest BCUT2D eigenvalue weighted by Crippen LogP contribution is 2.60. The van der Waals surface area contributed by atoms with Crippen molar-refractivity contribution in [2.45, 2.75) is 29.9 Å². The molecule has 3 aliphatic carbocycles. The van der Waals surface area contributed by atoms with Gasteiger partial charge in [0.2, 0.25) is 0 Å². The lowest BCUT2D eigenvalue weighted by Gasteiger charge is -2.49. The van der Waals surface area contributed by atoms with E-state index in [1.807, 2.05) is 6.07 Å². The number of nitrogens with one attached hydrogen (secondary N) is 1. The fourth-order valence-electron chi connectivity index (χ4n) is 4.63. The zero-order valence-electron chi connectivity index (χ0n) is 14.9. The van der Waals surface area contributed by atoms with Crippen LogP contribution >= 0.6 is 23.4 Å². The summed E-state index contributed by atoms with van der Waals surface area (Å²) in [6, 6.07) is 13.3. The van der Waals surface area contributed by atoms with Gasteiger partial charge in [0, 0.05) is 11.6 Å². The van der Waals surface area contributed by atoms with Crippen LogP contribution in [0, 0.1) is 17.2 Å². The van der Waals surface area contributed by atoms with Crippen LogP contribution in [0.1, 0.15) is 41.4 Å². The highest BCUT2D eigenvalue weighted by atomic mass is 35.5. The summed E-state index contributed by atoms with van der Waals surface area (Å²) in [5.41, 5.74) is 3.94. The van der Waals surface area contributed by atoms with Crippen molar-refractivity contribution < 1.29 is 9.53 Å². The van der Waals surface area contributed by atoms with Crippen LogP contribution in [0.15, 0.2) is 48.7 Å². The summed E-state index contributed by atoms with van der Waals surface area (Å²) < 4.78 is 6.01. The molecule has 0 aromatic heterocycles. The normalized spacial score (nSPS) is 27.4. The maximum absolute atomic E-state index is 11.8. The van der Waals surface area contributed by atoms with Crippen LogP contribution in [0.3, 0.4) is 0 Å². The first-order valence-corrected chi connectivity index (χ1v) is 10.5. The third kappa shape index (κ3) is 2.80. The number of carbonyl (C=O) groups is 1. The molecular formula is C22H17ClN2O2S. The smallest absolute Gasteiger partial charge is 0.283 e. The Kier molecular flexibility index (Phi) is 4.15. The van der Waals surface area contributed by atoms with Gasteiger partial charge in [0.25, 0.3) is 5.24 Å². The number of hydrogen-bond acceptors (Lipinski definition) is 4. The topological polar surface area (TPSA) is 62.1 Å². The Bertz CT molecular complexity index is 1050. The minimum atomic E-state index is -0.00610. The zero-order valence-corrected chi connectivity index (χ0v) is 16.5. The van der Waals surface area contributed by atoms with E-state index in [-0.39, 0.29) is 10.5 Å². The number of hydrogen-bond donors (Lipinski definition) is 1. The number of rotatable bonds is 3. The predicted molar refractivity (Wildman–Crippen MR) is 110 cm³/mol. The number of carbonyl (C=O) groups excluding carboxylic acids is 1. The molecule has 2 fully saturated rings. The van der Waals surface area contributed by atoms with Gasteiger partial charge in [-0.3, -0.25) is 4.79 Å². The number of nitriles is 1. The van der Waals surface area contributed by atoms with E-state index >= 15 is 0 Å². The lowest BCUT2D eigenvalue weighted by molar-refractivity contribution is 0.193. The van der Waals surface area contributed by atoms with Gasteiger partial charge in [-0.15, -0.1) is 0 Å². The highest BCUT2D eigenvalue weighted by Gasteiger charge is 2.49. The van der Waals surface area contributed by atoms with Crippen LogP contribution in [-0.4, -0.2) is 10.5 Å². The summed E-state index contributed by atoms with van der Waals surface area (Å²) in [5.74, 6) is 2.75. The Labute approximate surface area is 172 Å². The van der Waals surface area contributed by atoms with Crippen molar-refractivity contribution in [1.82, 2.24) is 5.32 Å². The van der Waals surface area contributed by atoms with E-state index in [9.17, 15) is 4.79 Å². The van der Waals surface area contributed by atoms with Crippen LogP contribution in [0.25, 0.3) is 0 Å². The van der Waals surface area contributed by atoms with Crippen LogP contribution in [0.4, 0.5) is 4.79 Å². The SMILES string of the molecule is C=C1NC(=O)SC1[C@H]1c2ccc(Oc3ccc(C#N)cc3Cl)cc2C2CC1C2. The van der Waals surface area contributed by atoms with E-state index in [2.05, 4.69) is 30.1 Å². The van der Waals surface area contributed by atoms with E-state index in [0.717, 1.165) is 24.3 Å². The minimum absolute atomic E-state index is 0.00610. The molecule has 28 heavy (non-hydrogen) atoms. The van der Waals surface area contributed by atoms with E-state index in [0.29, 0.717) is 34.1 Å². The summed E-state index contributed by atoms with van der Waals surface area (Å²) in [6.45, 7) is 4.07. The van der Waals surface area contributed by atoms with Gasteiger partial charge < -0.3 is 10.1 Å². The molecule has 0 spiro atoms. The first kappa shape index (κ1) is 17.7. The van der Waals surface area contributed by atoms with E-state index in [1.165, 1.54) is 22.9 Å². The monoisotopic (exact) mass is 408 g/mol. The second-order valence-corrected chi connectivity index (χ2v) is 9.10. The molecule has 4 aliphatic rings. The third-order valence-electron chi connectivity index (χ3n) is 5.99. The Morgan fingerprint density at radius 2 is 2.04 bits per heavy atom. The van der Waals surface area contributed by atoms with Crippen molar-refractivity contribution in [1.29, 1.82) is 5.26 Å². The van der Waals surface area contributed by atoms with Gasteiger partial charge in [-0.05, 0) is 66.1 Å². The molecule has 1 N–H and O–H groups in total. The van der Waals surface area contributed by atoms with Crippen molar-refractivity contribution in [3.05, 3.63) is 70.4 Å². The van der Waals surface area contributed by atoms with Crippen LogP contribution in [0.2, 0.25) is 5.02 Å². The molecular weight excluding hydrogens is 392 g/mol. The maximum Gasteiger partial charge on any atom is 0.283 e. The quantitative estimate of drug-likeness (QED) is 0.683.